The van der Waals surface area contributed by atoms with E-state index in [9.17, 15) is 9.59 Å². The fourth-order valence-corrected chi connectivity index (χ4v) is 2.63. The average molecular weight is 316 g/mol. The maximum Gasteiger partial charge on any atom is 0.299 e. The van der Waals surface area contributed by atoms with Gasteiger partial charge in [-0.05, 0) is 30.7 Å². The van der Waals surface area contributed by atoms with Gasteiger partial charge in [0.2, 0.25) is 0 Å². The third-order valence-corrected chi connectivity index (χ3v) is 3.81. The number of anilines is 1. The van der Waals surface area contributed by atoms with E-state index in [-0.39, 0.29) is 0 Å². The maximum absolute atomic E-state index is 12.0. The second-order valence-corrected chi connectivity index (χ2v) is 5.34. The van der Waals surface area contributed by atoms with Gasteiger partial charge in [0, 0.05) is 6.54 Å². The predicted octanol–water partition coefficient (Wildman–Crippen LogP) is 3.34. The lowest BCUT2D eigenvalue weighted by molar-refractivity contribution is -0.114. The first-order valence-electron chi connectivity index (χ1n) is 7.01. The average Bonchev–Trinajstić information content (AvgIpc) is 2.78. The molecule has 5 heteroatoms. The Morgan fingerprint density at radius 1 is 1.00 bits per heavy atom. The fourth-order valence-electron chi connectivity index (χ4n) is 2.44. The molecule has 1 aliphatic heterocycles. The van der Waals surface area contributed by atoms with Gasteiger partial charge in [0.1, 0.15) is 5.75 Å². The van der Waals surface area contributed by atoms with Crippen LogP contribution in [-0.2, 0) is 4.79 Å². The molecule has 0 bridgehead atoms. The van der Waals surface area contributed by atoms with Crippen LogP contribution in [0.2, 0.25) is 5.02 Å². The number of nitrogens with zero attached hydrogens (tertiary/aromatic N) is 1. The van der Waals surface area contributed by atoms with Gasteiger partial charge in [-0.15, -0.1) is 0 Å². The molecule has 0 atom stereocenters. The fraction of sp³-hybridized carbons (Fsp3) is 0.176. The molecule has 1 heterocycles. The van der Waals surface area contributed by atoms with Crippen LogP contribution in [0, 0.1) is 0 Å². The monoisotopic (exact) mass is 315 g/mol. The second kappa shape index (κ2) is 6.20. The van der Waals surface area contributed by atoms with E-state index in [1.54, 1.807) is 30.3 Å². The third-order valence-electron chi connectivity index (χ3n) is 3.50. The standard InChI is InChI=1S/C17H14ClNO3/c18-13-7-2-4-9-15(13)22-11-5-10-19-14-8-3-1-6-12(14)16(20)17(19)21/h1-4,6-9H,5,10-11H2. The first kappa shape index (κ1) is 14.6. The van der Waals surface area contributed by atoms with Gasteiger partial charge in [-0.25, -0.2) is 0 Å². The Labute approximate surface area is 133 Å². The minimum absolute atomic E-state index is 0.421. The number of hydrogen-bond acceptors (Lipinski definition) is 3. The molecule has 0 fully saturated rings. The number of rotatable bonds is 5. The Hall–Kier alpha value is -2.33. The van der Waals surface area contributed by atoms with Gasteiger partial charge in [0.05, 0.1) is 22.9 Å². The lowest BCUT2D eigenvalue weighted by Crippen LogP contribution is -2.31. The SMILES string of the molecule is O=C1C(=O)N(CCCOc2ccccc2Cl)c2ccccc21. The second-order valence-electron chi connectivity index (χ2n) is 4.94. The minimum atomic E-state index is -0.473. The summed E-state index contributed by atoms with van der Waals surface area (Å²) < 4.78 is 5.59. The van der Waals surface area contributed by atoms with Crippen molar-refractivity contribution >= 4 is 29.0 Å². The Kier molecular flexibility index (Phi) is 4.11. The molecule has 1 aliphatic rings. The largest absolute Gasteiger partial charge is 0.492 e. The molecule has 22 heavy (non-hydrogen) atoms. The van der Waals surface area contributed by atoms with Crippen LogP contribution >= 0.6 is 11.6 Å². The highest BCUT2D eigenvalue weighted by molar-refractivity contribution is 6.52. The third kappa shape index (κ3) is 2.70. The van der Waals surface area contributed by atoms with Crippen LogP contribution in [0.1, 0.15) is 16.8 Å². The van der Waals surface area contributed by atoms with Crippen LogP contribution in [0.25, 0.3) is 0 Å². The topological polar surface area (TPSA) is 46.6 Å². The van der Waals surface area contributed by atoms with Gasteiger partial charge in [0.15, 0.2) is 0 Å². The molecule has 0 saturated heterocycles. The Morgan fingerprint density at radius 2 is 1.73 bits per heavy atom. The molecule has 0 unspecified atom stereocenters. The number of benzene rings is 2. The van der Waals surface area contributed by atoms with Crippen molar-refractivity contribution in [2.45, 2.75) is 6.42 Å². The summed E-state index contributed by atoms with van der Waals surface area (Å²) in [6.45, 7) is 0.857. The molecule has 0 aliphatic carbocycles. The van der Waals surface area contributed by atoms with E-state index in [0.29, 0.717) is 41.6 Å². The van der Waals surface area contributed by atoms with Crippen LogP contribution in [0.15, 0.2) is 48.5 Å². The summed E-state index contributed by atoms with van der Waals surface area (Å²) in [6.07, 6.45) is 0.610. The number of para-hydroxylation sites is 2. The highest BCUT2D eigenvalue weighted by Crippen LogP contribution is 2.28. The van der Waals surface area contributed by atoms with E-state index in [1.807, 2.05) is 18.2 Å². The molecule has 0 spiro atoms. The summed E-state index contributed by atoms with van der Waals surface area (Å²) in [7, 11) is 0. The smallest absolute Gasteiger partial charge is 0.299 e. The molecule has 0 aromatic heterocycles. The van der Waals surface area contributed by atoms with Gasteiger partial charge < -0.3 is 9.64 Å². The quantitative estimate of drug-likeness (QED) is 0.628. The molecular weight excluding hydrogens is 302 g/mol. The first-order chi connectivity index (χ1) is 10.7. The summed E-state index contributed by atoms with van der Waals surface area (Å²) in [4.78, 5) is 25.4. The number of Topliss-reactive ketones (excluding diaryl/α,β-unsaturated/α-hetero) is 1. The van der Waals surface area contributed by atoms with Crippen molar-refractivity contribution in [3.63, 3.8) is 0 Å². The van der Waals surface area contributed by atoms with Crippen molar-refractivity contribution in [3.05, 3.63) is 59.1 Å². The molecule has 1 amide bonds. The van der Waals surface area contributed by atoms with Crippen LogP contribution in [0.3, 0.4) is 0 Å². The van der Waals surface area contributed by atoms with E-state index in [1.165, 1.54) is 4.90 Å². The Morgan fingerprint density at radius 3 is 2.55 bits per heavy atom. The van der Waals surface area contributed by atoms with Gasteiger partial charge >= 0.3 is 0 Å². The molecule has 0 radical (unpaired) electrons. The molecule has 0 saturated carbocycles. The number of halogens is 1. The number of amides is 1. The summed E-state index contributed by atoms with van der Waals surface area (Å²) in [5.41, 5.74) is 1.15. The van der Waals surface area contributed by atoms with Gasteiger partial charge in [0.25, 0.3) is 11.7 Å². The Bertz CT molecular complexity index is 729. The number of hydrogen-bond donors (Lipinski definition) is 0. The van der Waals surface area contributed by atoms with Crippen LogP contribution < -0.4 is 9.64 Å². The molecule has 0 N–H and O–H groups in total. The van der Waals surface area contributed by atoms with E-state index < -0.39 is 11.7 Å². The number of ether oxygens (including phenoxy) is 1. The lowest BCUT2D eigenvalue weighted by Gasteiger charge is -2.16. The summed E-state index contributed by atoms with van der Waals surface area (Å²) >= 11 is 6.01. The van der Waals surface area contributed by atoms with E-state index in [2.05, 4.69) is 0 Å². The lowest BCUT2D eigenvalue weighted by atomic mass is 10.1. The molecule has 2 aromatic carbocycles. The zero-order valence-electron chi connectivity index (χ0n) is 11.8. The van der Waals surface area contributed by atoms with Crippen molar-refractivity contribution < 1.29 is 14.3 Å². The van der Waals surface area contributed by atoms with E-state index >= 15 is 0 Å². The zero-order chi connectivity index (χ0) is 15.5. The summed E-state index contributed by atoms with van der Waals surface area (Å²) in [5.74, 6) is -0.296. The van der Waals surface area contributed by atoms with Crippen molar-refractivity contribution in [2.24, 2.45) is 0 Å². The Balaban J connectivity index is 1.60. The minimum Gasteiger partial charge on any atom is -0.492 e. The van der Waals surface area contributed by atoms with Crippen molar-refractivity contribution in [3.8, 4) is 5.75 Å². The molecule has 2 aromatic rings. The number of ketones is 1. The number of fused-ring (bicyclic) bond motifs is 1. The normalized spacial score (nSPS) is 13.4. The maximum atomic E-state index is 12.0. The van der Waals surface area contributed by atoms with Crippen LogP contribution in [-0.4, -0.2) is 24.8 Å². The van der Waals surface area contributed by atoms with Crippen molar-refractivity contribution in [2.75, 3.05) is 18.1 Å². The van der Waals surface area contributed by atoms with Crippen molar-refractivity contribution in [1.82, 2.24) is 0 Å². The number of carbonyl (C=O) groups is 2. The summed E-state index contributed by atoms with van der Waals surface area (Å²) in [5, 5.41) is 0.556. The molecule has 3 rings (SSSR count). The van der Waals surface area contributed by atoms with Crippen LogP contribution in [0.4, 0.5) is 5.69 Å². The van der Waals surface area contributed by atoms with E-state index in [0.717, 1.165) is 0 Å². The van der Waals surface area contributed by atoms with Crippen LogP contribution in [0.5, 0.6) is 5.75 Å². The number of carbonyl (C=O) groups excluding carboxylic acids is 2. The van der Waals surface area contributed by atoms with Gasteiger partial charge in [-0.2, -0.15) is 0 Å². The molecule has 4 nitrogen and oxygen atoms in total. The highest BCUT2D eigenvalue weighted by Gasteiger charge is 2.34. The molecular formula is C17H14ClNO3. The van der Waals surface area contributed by atoms with Gasteiger partial charge in [-0.1, -0.05) is 35.9 Å². The zero-order valence-corrected chi connectivity index (χ0v) is 12.5. The van der Waals surface area contributed by atoms with Gasteiger partial charge in [-0.3, -0.25) is 9.59 Å². The van der Waals surface area contributed by atoms with E-state index in [4.69, 9.17) is 16.3 Å². The predicted molar refractivity (Wildman–Crippen MR) is 84.7 cm³/mol. The van der Waals surface area contributed by atoms with Crippen molar-refractivity contribution in [1.29, 1.82) is 0 Å². The highest BCUT2D eigenvalue weighted by atomic mass is 35.5. The molecule has 112 valence electrons. The first-order valence-corrected chi connectivity index (χ1v) is 7.39. The summed E-state index contributed by atoms with van der Waals surface area (Å²) in [6, 6.07) is 14.3.